The van der Waals surface area contributed by atoms with E-state index in [9.17, 15) is 19.8 Å². The lowest BCUT2D eigenvalue weighted by molar-refractivity contribution is -0.326. The first-order valence-electron chi connectivity index (χ1n) is 8.30. The van der Waals surface area contributed by atoms with Crippen molar-refractivity contribution in [2.24, 2.45) is 0 Å². The van der Waals surface area contributed by atoms with Gasteiger partial charge in [0.15, 0.2) is 0 Å². The Kier molecular flexibility index (Phi) is 10.3. The van der Waals surface area contributed by atoms with Crippen LogP contribution in [0.15, 0.2) is 11.3 Å². The zero-order valence-corrected chi connectivity index (χ0v) is 14.7. The molecule has 0 bridgehead atoms. The maximum Gasteiger partial charge on any atom is 0.375 e. The molecule has 0 aliphatic rings. The number of hydrogen-bond acceptors (Lipinski definition) is 4. The van der Waals surface area contributed by atoms with Gasteiger partial charge < -0.3 is 15.1 Å². The van der Waals surface area contributed by atoms with Crippen LogP contribution >= 0.6 is 0 Å². The normalized spacial score (nSPS) is 12.7. The maximum atomic E-state index is 11.3. The molecule has 0 aliphatic carbocycles. The monoisotopic (exact) mass is 330 g/mol. The van der Waals surface area contributed by atoms with E-state index in [2.05, 4.69) is 6.92 Å². The molecule has 0 atom stereocenters. The average molecular weight is 330 g/mol. The van der Waals surface area contributed by atoms with Gasteiger partial charge in [-0.15, -0.1) is 0 Å². The van der Waals surface area contributed by atoms with Crippen LogP contribution in [0.1, 0.15) is 79.1 Å². The highest BCUT2D eigenvalue weighted by molar-refractivity contribution is 5.97. The molecular formula is C17H30O6. The summed E-state index contributed by atoms with van der Waals surface area (Å²) in [5.74, 6) is -3.35. The Morgan fingerprint density at radius 2 is 1.48 bits per heavy atom. The van der Waals surface area contributed by atoms with Crippen LogP contribution in [0, 0.1) is 0 Å². The van der Waals surface area contributed by atoms with E-state index in [1.807, 2.05) is 6.92 Å². The predicted molar refractivity (Wildman–Crippen MR) is 86.8 cm³/mol. The second kappa shape index (κ2) is 11.0. The van der Waals surface area contributed by atoms with Crippen molar-refractivity contribution in [2.45, 2.75) is 84.7 Å². The van der Waals surface area contributed by atoms with Crippen molar-refractivity contribution in [1.29, 1.82) is 0 Å². The van der Waals surface area contributed by atoms with Crippen molar-refractivity contribution >= 4 is 11.9 Å². The summed E-state index contributed by atoms with van der Waals surface area (Å²) in [6, 6.07) is 0. The molecule has 0 rings (SSSR count). The van der Waals surface area contributed by atoms with Gasteiger partial charge in [-0.25, -0.2) is 9.59 Å². The summed E-state index contributed by atoms with van der Waals surface area (Å²) in [5, 5.41) is 18.5. The van der Waals surface area contributed by atoms with E-state index in [0.717, 1.165) is 32.1 Å². The Morgan fingerprint density at radius 3 is 1.96 bits per heavy atom. The first-order chi connectivity index (χ1) is 10.7. The molecule has 6 nitrogen and oxygen atoms in total. The van der Waals surface area contributed by atoms with E-state index >= 15 is 0 Å². The van der Waals surface area contributed by atoms with Crippen molar-refractivity contribution in [3.63, 3.8) is 0 Å². The van der Waals surface area contributed by atoms with Crippen molar-refractivity contribution < 1.29 is 29.6 Å². The topological polar surface area (TPSA) is 93.1 Å². The smallest absolute Gasteiger partial charge is 0.375 e. The van der Waals surface area contributed by atoms with Crippen molar-refractivity contribution in [3.05, 3.63) is 11.3 Å². The van der Waals surface area contributed by atoms with Crippen LogP contribution in [0.4, 0.5) is 0 Å². The lowest BCUT2D eigenvalue weighted by Gasteiger charge is -2.22. The fraction of sp³-hybridized carbons (Fsp3) is 0.765. The summed E-state index contributed by atoms with van der Waals surface area (Å²) in [7, 11) is 0. The first kappa shape index (κ1) is 21.4. The zero-order valence-electron chi connectivity index (χ0n) is 14.7. The number of hydrogen-bond donors (Lipinski definition) is 2. The van der Waals surface area contributed by atoms with E-state index in [0.29, 0.717) is 12.8 Å². The fourth-order valence-corrected chi connectivity index (χ4v) is 1.83. The van der Waals surface area contributed by atoms with Crippen LogP contribution < -0.4 is 0 Å². The minimum atomic E-state index is -1.43. The van der Waals surface area contributed by atoms with Gasteiger partial charge >= 0.3 is 11.9 Å². The predicted octanol–water partition coefficient (Wildman–Crippen LogP) is 4.30. The molecule has 0 saturated carbocycles. The van der Waals surface area contributed by atoms with E-state index in [4.69, 9.17) is 9.78 Å². The molecule has 0 aromatic carbocycles. The molecule has 0 aromatic rings. The van der Waals surface area contributed by atoms with Crippen LogP contribution in [0.3, 0.4) is 0 Å². The van der Waals surface area contributed by atoms with Gasteiger partial charge in [0.25, 0.3) is 5.76 Å². The lowest BCUT2D eigenvalue weighted by Crippen LogP contribution is -2.25. The molecule has 0 spiro atoms. The molecule has 0 aromatic heterocycles. The highest BCUT2D eigenvalue weighted by atomic mass is 17.2. The van der Waals surface area contributed by atoms with Crippen LogP contribution in [0.25, 0.3) is 0 Å². The van der Waals surface area contributed by atoms with Crippen LogP contribution in [0.2, 0.25) is 0 Å². The standard InChI is InChI=1S/C17H30O6/c1-5-7-8-9-10-11-12-13(15(18)19)14(16(20)21)22-23-17(3,4)6-2/h5-12H2,1-4H3,(H,18,19)(H,20,21). The number of aliphatic carboxylic acids is 2. The minimum Gasteiger partial charge on any atom is -0.478 e. The minimum absolute atomic E-state index is 0.152. The molecule has 0 amide bonds. The second-order valence-electron chi connectivity index (χ2n) is 6.22. The summed E-state index contributed by atoms with van der Waals surface area (Å²) in [5.41, 5.74) is -0.940. The van der Waals surface area contributed by atoms with Gasteiger partial charge in [-0.1, -0.05) is 46.0 Å². The van der Waals surface area contributed by atoms with Crippen LogP contribution in [-0.4, -0.2) is 27.8 Å². The van der Waals surface area contributed by atoms with E-state index in [1.165, 1.54) is 0 Å². The highest BCUT2D eigenvalue weighted by Gasteiger charge is 2.26. The van der Waals surface area contributed by atoms with Crippen molar-refractivity contribution in [1.82, 2.24) is 0 Å². The second-order valence-corrected chi connectivity index (χ2v) is 6.22. The Hall–Kier alpha value is -1.56. The molecule has 134 valence electrons. The molecule has 0 fully saturated rings. The van der Waals surface area contributed by atoms with Gasteiger partial charge in [0, 0.05) is 0 Å². The Morgan fingerprint density at radius 1 is 0.913 bits per heavy atom. The van der Waals surface area contributed by atoms with Crippen LogP contribution in [0.5, 0.6) is 0 Å². The van der Waals surface area contributed by atoms with Gasteiger partial charge in [-0.05, 0) is 33.1 Å². The Bertz CT molecular complexity index is 411. The van der Waals surface area contributed by atoms with E-state index in [1.54, 1.807) is 13.8 Å². The molecule has 0 radical (unpaired) electrons. The molecule has 0 saturated heterocycles. The SMILES string of the molecule is CCCCCCCCC(C(=O)O)=C(OOC(C)(C)CC)C(=O)O. The first-order valence-corrected chi connectivity index (χ1v) is 8.30. The third-order valence-electron chi connectivity index (χ3n) is 3.71. The van der Waals surface area contributed by atoms with Gasteiger partial charge in [-0.3, -0.25) is 0 Å². The average Bonchev–Trinajstić information content (AvgIpc) is 2.48. The van der Waals surface area contributed by atoms with Crippen LogP contribution in [-0.2, 0) is 19.4 Å². The summed E-state index contributed by atoms with van der Waals surface area (Å²) >= 11 is 0. The molecule has 2 N–H and O–H groups in total. The quantitative estimate of drug-likeness (QED) is 0.172. The summed E-state index contributed by atoms with van der Waals surface area (Å²) in [4.78, 5) is 32.6. The number of carboxylic acids is 2. The number of carboxylic acid groups (broad SMARTS) is 2. The van der Waals surface area contributed by atoms with Crippen molar-refractivity contribution in [2.75, 3.05) is 0 Å². The molecule has 0 heterocycles. The zero-order chi connectivity index (χ0) is 17.9. The Labute approximate surface area is 138 Å². The number of rotatable bonds is 13. The van der Waals surface area contributed by atoms with Gasteiger partial charge in [0.1, 0.15) is 5.60 Å². The van der Waals surface area contributed by atoms with Gasteiger partial charge in [-0.2, -0.15) is 4.89 Å². The summed E-state index contributed by atoms with van der Waals surface area (Å²) in [6.07, 6.45) is 6.65. The van der Waals surface area contributed by atoms with E-state index < -0.39 is 23.3 Å². The number of unbranched alkanes of at least 4 members (excludes halogenated alkanes) is 5. The molecule has 23 heavy (non-hydrogen) atoms. The van der Waals surface area contributed by atoms with Gasteiger partial charge in [0.2, 0.25) is 0 Å². The molecule has 6 heteroatoms. The van der Waals surface area contributed by atoms with E-state index in [-0.39, 0.29) is 12.0 Å². The largest absolute Gasteiger partial charge is 0.478 e. The fourth-order valence-electron chi connectivity index (χ4n) is 1.83. The number of carbonyl (C=O) groups is 2. The molecule has 0 unspecified atom stereocenters. The lowest BCUT2D eigenvalue weighted by atomic mass is 10.0. The van der Waals surface area contributed by atoms with Gasteiger partial charge in [0.05, 0.1) is 5.57 Å². The maximum absolute atomic E-state index is 11.3. The highest BCUT2D eigenvalue weighted by Crippen LogP contribution is 2.21. The molecule has 0 aliphatic heterocycles. The Balaban J connectivity index is 4.80. The summed E-state index contributed by atoms with van der Waals surface area (Å²) in [6.45, 7) is 7.46. The third-order valence-corrected chi connectivity index (χ3v) is 3.71. The molecular weight excluding hydrogens is 300 g/mol. The van der Waals surface area contributed by atoms with Crippen molar-refractivity contribution in [3.8, 4) is 0 Å². The third kappa shape index (κ3) is 9.23. The summed E-state index contributed by atoms with van der Waals surface area (Å²) < 4.78 is 0.